The molecule has 2 unspecified atom stereocenters. The Morgan fingerprint density at radius 3 is 2.50 bits per heavy atom. The van der Waals surface area contributed by atoms with E-state index in [0.29, 0.717) is 11.5 Å². The Morgan fingerprint density at radius 1 is 1.35 bits per heavy atom. The van der Waals surface area contributed by atoms with Crippen LogP contribution in [0.5, 0.6) is 0 Å². The number of hydrogen-bond acceptors (Lipinski definition) is 4. The van der Waals surface area contributed by atoms with Gasteiger partial charge in [0.15, 0.2) is 0 Å². The third-order valence-electron chi connectivity index (χ3n) is 4.23. The lowest BCUT2D eigenvalue weighted by Gasteiger charge is -2.16. The van der Waals surface area contributed by atoms with Crippen molar-refractivity contribution >= 4 is 17.8 Å². The lowest BCUT2D eigenvalue weighted by atomic mass is 10.00. The van der Waals surface area contributed by atoms with E-state index in [1.807, 2.05) is 6.92 Å². The van der Waals surface area contributed by atoms with Gasteiger partial charge in [-0.2, -0.15) is 0 Å². The van der Waals surface area contributed by atoms with Crippen LogP contribution in [0.15, 0.2) is 16.7 Å². The number of furan rings is 1. The van der Waals surface area contributed by atoms with E-state index in [1.54, 1.807) is 0 Å². The van der Waals surface area contributed by atoms with Crippen molar-refractivity contribution < 1.29 is 23.9 Å². The van der Waals surface area contributed by atoms with Crippen molar-refractivity contribution in [2.75, 3.05) is 0 Å². The number of nitrogens with zero attached hydrogens (tertiary/aromatic N) is 1. The minimum absolute atomic E-state index is 0.0167. The number of amides is 2. The third-order valence-corrected chi connectivity index (χ3v) is 4.23. The fourth-order valence-electron chi connectivity index (χ4n) is 3.32. The fraction of sp³-hybridized carbons (Fsp3) is 0.500. The molecule has 0 bridgehead atoms. The summed E-state index contributed by atoms with van der Waals surface area (Å²) in [6.45, 7) is 2.03. The maximum Gasteiger partial charge on any atom is 0.372 e. The van der Waals surface area contributed by atoms with E-state index in [4.69, 9.17) is 9.52 Å². The molecule has 1 aliphatic carbocycles. The van der Waals surface area contributed by atoms with E-state index in [9.17, 15) is 14.4 Å². The van der Waals surface area contributed by atoms with Gasteiger partial charge in [-0.25, -0.2) is 4.79 Å². The van der Waals surface area contributed by atoms with Gasteiger partial charge in [-0.1, -0.05) is 6.92 Å². The van der Waals surface area contributed by atoms with E-state index in [0.717, 1.165) is 12.8 Å². The van der Waals surface area contributed by atoms with Crippen molar-refractivity contribution in [3.8, 4) is 0 Å². The minimum atomic E-state index is -1.20. The van der Waals surface area contributed by atoms with Crippen LogP contribution in [0.1, 0.15) is 35.9 Å². The summed E-state index contributed by atoms with van der Waals surface area (Å²) in [5.41, 5.74) is 0.354. The average Bonchev–Trinajstić information content (AvgIpc) is 3.04. The van der Waals surface area contributed by atoms with Crippen molar-refractivity contribution in [2.45, 2.75) is 26.3 Å². The van der Waals surface area contributed by atoms with Crippen LogP contribution in [0.3, 0.4) is 0 Å². The van der Waals surface area contributed by atoms with Crippen LogP contribution < -0.4 is 0 Å². The zero-order chi connectivity index (χ0) is 14.4. The van der Waals surface area contributed by atoms with Crippen LogP contribution in [0.25, 0.3) is 0 Å². The summed E-state index contributed by atoms with van der Waals surface area (Å²) >= 11 is 0. The number of carboxylic acid groups (broad SMARTS) is 1. The SMILES string of the molecule is CC1CC2C(=O)N(Cc3ccoc3C(=O)O)C(=O)C2C1. The third kappa shape index (κ3) is 1.83. The molecule has 20 heavy (non-hydrogen) atoms. The van der Waals surface area contributed by atoms with E-state index in [-0.39, 0.29) is 36.0 Å². The second-order valence-corrected chi connectivity index (χ2v) is 5.63. The van der Waals surface area contributed by atoms with Crippen molar-refractivity contribution in [1.29, 1.82) is 0 Å². The summed E-state index contributed by atoms with van der Waals surface area (Å²) in [7, 11) is 0. The molecule has 2 heterocycles. The normalized spacial score (nSPS) is 29.1. The molecule has 6 nitrogen and oxygen atoms in total. The standard InChI is InChI=1S/C14H15NO5/c1-7-4-9-10(5-7)13(17)15(12(9)16)6-8-2-3-20-11(8)14(18)19/h2-3,7,9-10H,4-6H2,1H3,(H,18,19). The van der Waals surface area contributed by atoms with Gasteiger partial charge < -0.3 is 9.52 Å². The van der Waals surface area contributed by atoms with Gasteiger partial charge in [0.25, 0.3) is 0 Å². The molecule has 0 aromatic carbocycles. The van der Waals surface area contributed by atoms with Gasteiger partial charge in [0.1, 0.15) is 0 Å². The smallest absolute Gasteiger partial charge is 0.372 e. The Labute approximate surface area is 115 Å². The Kier molecular flexibility index (Phi) is 2.88. The first kappa shape index (κ1) is 12.9. The van der Waals surface area contributed by atoms with Crippen molar-refractivity contribution in [3.05, 3.63) is 23.7 Å². The van der Waals surface area contributed by atoms with Crippen molar-refractivity contribution in [1.82, 2.24) is 4.90 Å². The highest BCUT2D eigenvalue weighted by Crippen LogP contribution is 2.43. The van der Waals surface area contributed by atoms with Gasteiger partial charge in [-0.15, -0.1) is 0 Å². The fourth-order valence-corrected chi connectivity index (χ4v) is 3.32. The van der Waals surface area contributed by atoms with E-state index >= 15 is 0 Å². The number of carboxylic acids is 1. The van der Waals surface area contributed by atoms with Gasteiger partial charge >= 0.3 is 5.97 Å². The Hall–Kier alpha value is -2.11. The quantitative estimate of drug-likeness (QED) is 0.846. The Morgan fingerprint density at radius 2 is 1.95 bits per heavy atom. The van der Waals surface area contributed by atoms with Gasteiger partial charge in [0.05, 0.1) is 24.6 Å². The molecule has 1 aromatic heterocycles. The van der Waals surface area contributed by atoms with Gasteiger partial charge in [0.2, 0.25) is 17.6 Å². The van der Waals surface area contributed by atoms with Crippen molar-refractivity contribution in [3.63, 3.8) is 0 Å². The van der Waals surface area contributed by atoms with Gasteiger partial charge in [-0.3, -0.25) is 14.5 Å². The number of likely N-dealkylation sites (tertiary alicyclic amines) is 1. The highest BCUT2D eigenvalue weighted by atomic mass is 16.4. The van der Waals surface area contributed by atoms with Crippen molar-refractivity contribution in [2.24, 2.45) is 17.8 Å². The summed E-state index contributed by atoms with van der Waals surface area (Å²) in [6, 6.07) is 1.49. The van der Waals surface area contributed by atoms with Gasteiger partial charge in [0, 0.05) is 5.56 Å². The molecular formula is C14H15NO5. The van der Waals surface area contributed by atoms with Crippen LogP contribution in [-0.4, -0.2) is 27.8 Å². The summed E-state index contributed by atoms with van der Waals surface area (Å²) in [5.74, 6) is -1.82. The Bertz CT molecular complexity index is 566. The molecular weight excluding hydrogens is 262 g/mol. The summed E-state index contributed by atoms with van der Waals surface area (Å²) in [6.07, 6.45) is 2.73. The molecule has 2 fully saturated rings. The predicted octanol–water partition coefficient (Wildman–Crippen LogP) is 1.51. The second kappa shape index (κ2) is 4.47. The number of rotatable bonds is 3. The number of hydrogen-bond donors (Lipinski definition) is 1. The van der Waals surface area contributed by atoms with Crippen LogP contribution in [0, 0.1) is 17.8 Å². The highest BCUT2D eigenvalue weighted by molar-refractivity contribution is 6.05. The maximum atomic E-state index is 12.3. The molecule has 0 spiro atoms. The zero-order valence-electron chi connectivity index (χ0n) is 11.0. The van der Waals surface area contributed by atoms with Crippen LogP contribution in [0.4, 0.5) is 0 Å². The zero-order valence-corrected chi connectivity index (χ0v) is 11.0. The van der Waals surface area contributed by atoms with Gasteiger partial charge in [-0.05, 0) is 24.8 Å². The first-order chi connectivity index (χ1) is 9.49. The molecule has 1 N–H and O–H groups in total. The summed E-state index contributed by atoms with van der Waals surface area (Å²) < 4.78 is 4.87. The monoisotopic (exact) mass is 277 g/mol. The molecule has 6 heteroatoms. The number of imide groups is 1. The van der Waals surface area contributed by atoms with E-state index in [1.165, 1.54) is 17.2 Å². The molecule has 1 saturated carbocycles. The summed E-state index contributed by atoms with van der Waals surface area (Å²) in [4.78, 5) is 36.7. The number of fused-ring (bicyclic) bond motifs is 1. The summed E-state index contributed by atoms with van der Waals surface area (Å²) in [5, 5.41) is 8.97. The molecule has 1 aromatic rings. The average molecular weight is 277 g/mol. The largest absolute Gasteiger partial charge is 0.475 e. The first-order valence-electron chi connectivity index (χ1n) is 6.64. The molecule has 2 aliphatic rings. The number of aromatic carboxylic acids is 1. The highest BCUT2D eigenvalue weighted by Gasteiger charge is 2.51. The molecule has 106 valence electrons. The Balaban J connectivity index is 1.82. The van der Waals surface area contributed by atoms with E-state index in [2.05, 4.69) is 0 Å². The molecule has 3 rings (SSSR count). The van der Waals surface area contributed by atoms with E-state index < -0.39 is 5.97 Å². The van der Waals surface area contributed by atoms with Crippen LogP contribution >= 0.6 is 0 Å². The first-order valence-corrected chi connectivity index (χ1v) is 6.64. The molecule has 2 amide bonds. The van der Waals surface area contributed by atoms with Crippen LogP contribution in [0.2, 0.25) is 0 Å². The number of carbonyl (C=O) groups is 3. The molecule has 2 atom stereocenters. The molecule has 1 aliphatic heterocycles. The second-order valence-electron chi connectivity index (χ2n) is 5.63. The lowest BCUT2D eigenvalue weighted by Crippen LogP contribution is -2.32. The maximum absolute atomic E-state index is 12.3. The molecule has 0 radical (unpaired) electrons. The number of carbonyl (C=O) groups excluding carboxylic acids is 2. The topological polar surface area (TPSA) is 87.8 Å². The van der Waals surface area contributed by atoms with Crippen LogP contribution in [-0.2, 0) is 16.1 Å². The predicted molar refractivity (Wildman–Crippen MR) is 66.6 cm³/mol. The lowest BCUT2D eigenvalue weighted by molar-refractivity contribution is -0.141. The molecule has 1 saturated heterocycles. The minimum Gasteiger partial charge on any atom is -0.475 e.